The van der Waals surface area contributed by atoms with E-state index in [0.717, 1.165) is 12.1 Å². The molecule has 1 atom stereocenters. The Bertz CT molecular complexity index is 447. The van der Waals surface area contributed by atoms with Crippen molar-refractivity contribution in [1.82, 2.24) is 5.32 Å². The summed E-state index contributed by atoms with van der Waals surface area (Å²) in [5.74, 6) is 1.62. The summed E-state index contributed by atoms with van der Waals surface area (Å²) in [5, 5.41) is 3.81. The fraction of sp³-hybridized carbons (Fsp3) is 0.538. The van der Waals surface area contributed by atoms with Gasteiger partial charge in [0.15, 0.2) is 11.5 Å². The van der Waals surface area contributed by atoms with Gasteiger partial charge in [0.25, 0.3) is 0 Å². The van der Waals surface area contributed by atoms with E-state index in [1.807, 2.05) is 0 Å². The maximum absolute atomic E-state index is 6.33. The molecular weight excluding hydrogens is 270 g/mol. The zero-order valence-electron chi connectivity index (χ0n) is 11.3. The smallest absolute Gasteiger partial charge is 0.203 e. The minimum Gasteiger partial charge on any atom is -0.493 e. The summed E-state index contributed by atoms with van der Waals surface area (Å²) in [6.45, 7) is 2.16. The topological polar surface area (TPSA) is 49.0 Å². The van der Waals surface area contributed by atoms with Crippen molar-refractivity contribution in [3.63, 3.8) is 0 Å². The zero-order valence-corrected chi connectivity index (χ0v) is 12.0. The maximum atomic E-state index is 6.33. The van der Waals surface area contributed by atoms with E-state index in [0.29, 0.717) is 35.4 Å². The molecule has 1 aromatic carbocycles. The van der Waals surface area contributed by atoms with Gasteiger partial charge < -0.3 is 24.3 Å². The summed E-state index contributed by atoms with van der Waals surface area (Å²) in [6, 6.07) is 1.72. The number of nitrogens with one attached hydrogen (secondary N) is 1. The Kier molecular flexibility index (Phi) is 4.74. The molecule has 106 valence electrons. The van der Waals surface area contributed by atoms with E-state index in [2.05, 4.69) is 5.32 Å². The van der Waals surface area contributed by atoms with E-state index in [1.165, 1.54) is 0 Å². The highest BCUT2D eigenvalue weighted by atomic mass is 35.5. The standard InChI is InChI=1S/C13H18ClNO4/c1-16-9-6-8(14)11(10-7-15-4-5-19-10)13(18-3)12(9)17-2/h6,10,15H,4-5,7H2,1-3H3. The first-order valence-electron chi connectivity index (χ1n) is 6.03. The molecule has 0 aromatic heterocycles. The van der Waals surface area contributed by atoms with Crippen LogP contribution in [-0.4, -0.2) is 41.0 Å². The molecule has 1 unspecified atom stereocenters. The molecular formula is C13H18ClNO4. The number of hydrogen-bond donors (Lipinski definition) is 1. The molecule has 1 N–H and O–H groups in total. The molecule has 1 saturated heterocycles. The first-order valence-corrected chi connectivity index (χ1v) is 6.41. The summed E-state index contributed by atoms with van der Waals surface area (Å²) in [5.41, 5.74) is 0.786. The second-order valence-corrected chi connectivity index (χ2v) is 4.51. The molecule has 1 aromatic rings. The van der Waals surface area contributed by atoms with Gasteiger partial charge in [0.05, 0.1) is 33.0 Å². The average Bonchev–Trinajstić information content (AvgIpc) is 2.46. The molecule has 1 aliphatic rings. The largest absolute Gasteiger partial charge is 0.493 e. The molecule has 0 radical (unpaired) electrons. The van der Waals surface area contributed by atoms with E-state index in [-0.39, 0.29) is 6.10 Å². The third-order valence-electron chi connectivity index (χ3n) is 3.07. The highest BCUT2D eigenvalue weighted by molar-refractivity contribution is 6.32. The fourth-order valence-electron chi connectivity index (χ4n) is 2.20. The number of ether oxygens (including phenoxy) is 4. The normalized spacial score (nSPS) is 19.1. The fourth-order valence-corrected chi connectivity index (χ4v) is 2.51. The van der Waals surface area contributed by atoms with E-state index >= 15 is 0 Å². The lowest BCUT2D eigenvalue weighted by Crippen LogP contribution is -2.33. The molecule has 0 spiro atoms. The highest BCUT2D eigenvalue weighted by Crippen LogP contribution is 2.47. The Hall–Kier alpha value is -1.17. The molecule has 1 fully saturated rings. The monoisotopic (exact) mass is 287 g/mol. The van der Waals surface area contributed by atoms with Crippen LogP contribution < -0.4 is 19.5 Å². The van der Waals surface area contributed by atoms with Crippen LogP contribution in [0.2, 0.25) is 5.02 Å². The van der Waals surface area contributed by atoms with Crippen LogP contribution >= 0.6 is 11.6 Å². The van der Waals surface area contributed by atoms with Gasteiger partial charge in [-0.05, 0) is 0 Å². The molecule has 5 nitrogen and oxygen atoms in total. The predicted octanol–water partition coefficient (Wildman–Crippen LogP) is 2.03. The second kappa shape index (κ2) is 6.32. The Balaban J connectivity index is 2.51. The molecule has 2 rings (SSSR count). The first kappa shape index (κ1) is 14.2. The van der Waals surface area contributed by atoms with Gasteiger partial charge in [0.2, 0.25) is 5.75 Å². The minimum absolute atomic E-state index is 0.156. The summed E-state index contributed by atoms with van der Waals surface area (Å²) < 4.78 is 21.8. The van der Waals surface area contributed by atoms with E-state index in [1.54, 1.807) is 27.4 Å². The SMILES string of the molecule is COc1cc(Cl)c(C2CNCCO2)c(OC)c1OC. The summed E-state index contributed by atoms with van der Waals surface area (Å²) in [7, 11) is 4.71. The van der Waals surface area contributed by atoms with Crippen LogP contribution in [-0.2, 0) is 4.74 Å². The van der Waals surface area contributed by atoms with E-state index in [9.17, 15) is 0 Å². The number of halogens is 1. The second-order valence-electron chi connectivity index (χ2n) is 4.10. The van der Waals surface area contributed by atoms with Crippen LogP contribution in [0.15, 0.2) is 6.07 Å². The predicted molar refractivity (Wildman–Crippen MR) is 72.7 cm³/mol. The third kappa shape index (κ3) is 2.73. The lowest BCUT2D eigenvalue weighted by molar-refractivity contribution is 0.0261. The van der Waals surface area contributed by atoms with Crippen molar-refractivity contribution in [2.75, 3.05) is 41.0 Å². The Morgan fingerprint density at radius 1 is 1.21 bits per heavy atom. The van der Waals surface area contributed by atoms with Crippen LogP contribution in [0.1, 0.15) is 11.7 Å². The summed E-state index contributed by atoms with van der Waals surface area (Å²) >= 11 is 6.33. The van der Waals surface area contributed by atoms with Gasteiger partial charge in [-0.15, -0.1) is 0 Å². The summed E-state index contributed by atoms with van der Waals surface area (Å²) in [6.07, 6.45) is -0.156. The van der Waals surface area contributed by atoms with Crippen LogP contribution in [0.3, 0.4) is 0 Å². The first-order chi connectivity index (χ1) is 9.22. The van der Waals surface area contributed by atoms with Crippen molar-refractivity contribution in [1.29, 1.82) is 0 Å². The molecule has 6 heteroatoms. The van der Waals surface area contributed by atoms with Crippen LogP contribution in [0, 0.1) is 0 Å². The number of benzene rings is 1. The van der Waals surface area contributed by atoms with Crippen molar-refractivity contribution in [3.05, 3.63) is 16.7 Å². The number of methoxy groups -OCH3 is 3. The van der Waals surface area contributed by atoms with Crippen molar-refractivity contribution < 1.29 is 18.9 Å². The number of hydrogen-bond acceptors (Lipinski definition) is 5. The van der Waals surface area contributed by atoms with Gasteiger partial charge in [-0.25, -0.2) is 0 Å². The van der Waals surface area contributed by atoms with Gasteiger partial charge in [-0.2, -0.15) is 0 Å². The van der Waals surface area contributed by atoms with E-state index in [4.69, 9.17) is 30.5 Å². The summed E-state index contributed by atoms with van der Waals surface area (Å²) in [4.78, 5) is 0. The van der Waals surface area contributed by atoms with Gasteiger partial charge in [-0.3, -0.25) is 0 Å². The highest BCUT2D eigenvalue weighted by Gasteiger charge is 2.27. The molecule has 1 heterocycles. The lowest BCUT2D eigenvalue weighted by Gasteiger charge is -2.27. The molecule has 1 aliphatic heterocycles. The molecule has 0 saturated carbocycles. The van der Waals surface area contributed by atoms with Gasteiger partial charge in [0.1, 0.15) is 6.10 Å². The van der Waals surface area contributed by atoms with E-state index < -0.39 is 0 Å². The maximum Gasteiger partial charge on any atom is 0.203 e. The van der Waals surface area contributed by atoms with Gasteiger partial charge in [0, 0.05) is 24.7 Å². The third-order valence-corrected chi connectivity index (χ3v) is 3.38. The number of morpholine rings is 1. The van der Waals surface area contributed by atoms with Gasteiger partial charge >= 0.3 is 0 Å². The van der Waals surface area contributed by atoms with Crippen molar-refractivity contribution in [3.8, 4) is 17.2 Å². The molecule has 19 heavy (non-hydrogen) atoms. The quantitative estimate of drug-likeness (QED) is 0.918. The molecule has 0 amide bonds. The molecule has 0 aliphatic carbocycles. The Morgan fingerprint density at radius 2 is 1.95 bits per heavy atom. The lowest BCUT2D eigenvalue weighted by atomic mass is 10.1. The zero-order chi connectivity index (χ0) is 13.8. The van der Waals surface area contributed by atoms with Crippen LogP contribution in [0.4, 0.5) is 0 Å². The van der Waals surface area contributed by atoms with Crippen molar-refractivity contribution in [2.24, 2.45) is 0 Å². The Morgan fingerprint density at radius 3 is 2.47 bits per heavy atom. The number of rotatable bonds is 4. The van der Waals surface area contributed by atoms with Crippen LogP contribution in [0.25, 0.3) is 0 Å². The Labute approximate surface area is 117 Å². The van der Waals surface area contributed by atoms with Crippen molar-refractivity contribution >= 4 is 11.6 Å². The van der Waals surface area contributed by atoms with Crippen LogP contribution in [0.5, 0.6) is 17.2 Å². The average molecular weight is 288 g/mol. The van der Waals surface area contributed by atoms with Crippen molar-refractivity contribution in [2.45, 2.75) is 6.10 Å². The minimum atomic E-state index is -0.156. The van der Waals surface area contributed by atoms with Gasteiger partial charge in [-0.1, -0.05) is 11.6 Å². The molecule has 0 bridgehead atoms.